The van der Waals surface area contributed by atoms with E-state index in [-0.39, 0.29) is 12.0 Å². The molecule has 0 saturated heterocycles. The highest BCUT2D eigenvalue weighted by molar-refractivity contribution is 7.99. The zero-order valence-corrected chi connectivity index (χ0v) is 11.7. The third kappa shape index (κ3) is 5.06. The smallest absolute Gasteiger partial charge is 0.251 e. The number of amides is 1. The van der Waals surface area contributed by atoms with Crippen molar-refractivity contribution in [3.63, 3.8) is 0 Å². The zero-order chi connectivity index (χ0) is 13.4. The Balaban J connectivity index is 2.48. The van der Waals surface area contributed by atoms with Crippen LogP contribution < -0.4 is 5.32 Å². The van der Waals surface area contributed by atoms with Gasteiger partial charge in [0.05, 0.1) is 11.1 Å². The number of carbonyl (C=O) groups excluding carboxylic acids is 1. The lowest BCUT2D eigenvalue weighted by molar-refractivity contribution is 0.0941. The summed E-state index contributed by atoms with van der Waals surface area (Å²) < 4.78 is 0. The summed E-state index contributed by atoms with van der Waals surface area (Å²) in [5, 5.41) is 13.0. The predicted octanol–water partition coefficient (Wildman–Crippen LogP) is 2.08. The maximum atomic E-state index is 11.8. The van der Waals surface area contributed by atoms with Crippen molar-refractivity contribution in [3.8, 4) is 0 Å². The van der Waals surface area contributed by atoms with Gasteiger partial charge in [0.1, 0.15) is 0 Å². The highest BCUT2D eigenvalue weighted by atomic mass is 32.2. The molecule has 0 radical (unpaired) electrons. The fourth-order valence-corrected chi connectivity index (χ4v) is 2.08. The van der Waals surface area contributed by atoms with E-state index in [0.29, 0.717) is 24.9 Å². The number of hydrogen-bond acceptors (Lipinski definition) is 4. The van der Waals surface area contributed by atoms with Gasteiger partial charge in [-0.3, -0.25) is 4.79 Å². The molecule has 1 amide bonds. The molecular weight excluding hydrogens is 248 g/mol. The van der Waals surface area contributed by atoms with Crippen LogP contribution in [0.25, 0.3) is 0 Å². The Hall–Kier alpha value is -1.07. The first-order chi connectivity index (χ1) is 8.67. The van der Waals surface area contributed by atoms with Crippen LogP contribution in [0.1, 0.15) is 37.0 Å². The molecule has 0 aliphatic heterocycles. The highest BCUT2D eigenvalue weighted by Crippen LogP contribution is 2.15. The van der Waals surface area contributed by atoms with Gasteiger partial charge in [-0.25, -0.2) is 4.98 Å². The largest absolute Gasteiger partial charge is 0.393 e. The zero-order valence-electron chi connectivity index (χ0n) is 10.8. The second-order valence-electron chi connectivity index (χ2n) is 3.92. The number of hydrogen-bond donors (Lipinski definition) is 2. The van der Waals surface area contributed by atoms with Crippen molar-refractivity contribution in [2.24, 2.45) is 0 Å². The molecule has 1 aromatic heterocycles. The summed E-state index contributed by atoms with van der Waals surface area (Å²) in [6.07, 6.45) is 2.61. The summed E-state index contributed by atoms with van der Waals surface area (Å²) in [4.78, 5) is 16.0. The third-order valence-electron chi connectivity index (χ3n) is 2.52. The van der Waals surface area contributed by atoms with E-state index in [1.54, 1.807) is 30.1 Å². The van der Waals surface area contributed by atoms with Crippen molar-refractivity contribution >= 4 is 17.7 Å². The first-order valence-corrected chi connectivity index (χ1v) is 7.21. The quantitative estimate of drug-likeness (QED) is 0.743. The molecule has 0 spiro atoms. The Bertz CT molecular complexity index is 385. The normalized spacial score (nSPS) is 12.2. The molecule has 5 heteroatoms. The van der Waals surface area contributed by atoms with E-state index in [1.807, 2.05) is 13.8 Å². The van der Waals surface area contributed by atoms with Gasteiger partial charge in [-0.15, -0.1) is 11.8 Å². The van der Waals surface area contributed by atoms with Crippen LogP contribution in [0.4, 0.5) is 0 Å². The van der Waals surface area contributed by atoms with Crippen molar-refractivity contribution in [1.82, 2.24) is 10.3 Å². The molecule has 0 fully saturated rings. The maximum Gasteiger partial charge on any atom is 0.251 e. The molecule has 1 unspecified atom stereocenters. The van der Waals surface area contributed by atoms with Crippen LogP contribution in [0, 0.1) is 0 Å². The summed E-state index contributed by atoms with van der Waals surface area (Å²) >= 11 is 1.61. The molecule has 4 nitrogen and oxygen atoms in total. The molecule has 1 aromatic rings. The summed E-state index contributed by atoms with van der Waals surface area (Å²) in [5.74, 6) is 0.819. The van der Waals surface area contributed by atoms with E-state index in [0.717, 1.165) is 10.8 Å². The number of nitrogens with one attached hydrogen (secondary N) is 1. The number of pyridine rings is 1. The minimum Gasteiger partial charge on any atom is -0.393 e. The van der Waals surface area contributed by atoms with Crippen molar-refractivity contribution < 1.29 is 9.90 Å². The van der Waals surface area contributed by atoms with Crippen molar-refractivity contribution in [1.29, 1.82) is 0 Å². The molecule has 2 N–H and O–H groups in total. The number of carbonyl (C=O) groups is 1. The van der Waals surface area contributed by atoms with E-state index in [2.05, 4.69) is 10.3 Å². The first kappa shape index (κ1) is 15.0. The van der Waals surface area contributed by atoms with E-state index in [9.17, 15) is 9.90 Å². The van der Waals surface area contributed by atoms with Gasteiger partial charge in [-0.1, -0.05) is 13.8 Å². The van der Waals surface area contributed by atoms with Crippen molar-refractivity contribution in [2.75, 3.05) is 12.3 Å². The Morgan fingerprint density at radius 1 is 1.56 bits per heavy atom. The minimum atomic E-state index is -0.339. The van der Waals surface area contributed by atoms with Crippen LogP contribution in [0.3, 0.4) is 0 Å². The number of rotatable bonds is 7. The molecular formula is C13H20N2O2S. The van der Waals surface area contributed by atoms with E-state index < -0.39 is 0 Å². The Morgan fingerprint density at radius 3 is 3.00 bits per heavy atom. The number of nitrogens with zero attached hydrogens (tertiary/aromatic N) is 1. The van der Waals surface area contributed by atoms with Gasteiger partial charge in [0.15, 0.2) is 0 Å². The summed E-state index contributed by atoms with van der Waals surface area (Å²) in [6.45, 7) is 4.46. The average molecular weight is 268 g/mol. The van der Waals surface area contributed by atoms with Crippen molar-refractivity contribution in [3.05, 3.63) is 23.9 Å². The summed E-state index contributed by atoms with van der Waals surface area (Å²) in [7, 11) is 0. The fourth-order valence-electron chi connectivity index (χ4n) is 1.44. The Kier molecular flexibility index (Phi) is 6.75. The van der Waals surface area contributed by atoms with Gasteiger partial charge in [0, 0.05) is 18.3 Å². The predicted molar refractivity (Wildman–Crippen MR) is 73.9 cm³/mol. The number of thioether (sulfide) groups is 1. The van der Waals surface area contributed by atoms with E-state index in [4.69, 9.17) is 0 Å². The Labute approximate surface area is 112 Å². The van der Waals surface area contributed by atoms with Gasteiger partial charge in [-0.05, 0) is 30.7 Å². The first-order valence-electron chi connectivity index (χ1n) is 6.22. The lowest BCUT2D eigenvalue weighted by Gasteiger charge is -2.09. The third-order valence-corrected chi connectivity index (χ3v) is 3.33. The number of aliphatic hydroxyl groups is 1. The lowest BCUT2D eigenvalue weighted by Crippen LogP contribution is -2.27. The van der Waals surface area contributed by atoms with Crippen LogP contribution in [0.2, 0.25) is 0 Å². The molecule has 0 aliphatic carbocycles. The molecule has 1 atom stereocenters. The maximum absolute atomic E-state index is 11.8. The van der Waals surface area contributed by atoms with Crippen LogP contribution in [-0.4, -0.2) is 34.4 Å². The molecule has 1 rings (SSSR count). The second kappa shape index (κ2) is 8.11. The molecule has 100 valence electrons. The topological polar surface area (TPSA) is 62.2 Å². The van der Waals surface area contributed by atoms with Crippen LogP contribution in [0.15, 0.2) is 23.4 Å². The van der Waals surface area contributed by atoms with Gasteiger partial charge in [-0.2, -0.15) is 0 Å². The second-order valence-corrected chi connectivity index (χ2v) is 5.21. The van der Waals surface area contributed by atoms with Crippen LogP contribution in [-0.2, 0) is 0 Å². The fraction of sp³-hybridized carbons (Fsp3) is 0.538. The average Bonchev–Trinajstić information content (AvgIpc) is 2.39. The van der Waals surface area contributed by atoms with Gasteiger partial charge >= 0.3 is 0 Å². The molecule has 0 aliphatic rings. The summed E-state index contributed by atoms with van der Waals surface area (Å²) in [6, 6.07) is 3.49. The van der Waals surface area contributed by atoms with Gasteiger partial charge in [0.2, 0.25) is 0 Å². The molecule has 0 bridgehead atoms. The Morgan fingerprint density at radius 2 is 2.33 bits per heavy atom. The molecule has 18 heavy (non-hydrogen) atoms. The SMILES string of the molecule is CCSc1cc(C(=O)NCCC(O)CC)ccn1. The molecule has 1 heterocycles. The number of aromatic nitrogens is 1. The van der Waals surface area contributed by atoms with Crippen LogP contribution in [0.5, 0.6) is 0 Å². The van der Waals surface area contributed by atoms with E-state index >= 15 is 0 Å². The molecule has 0 saturated carbocycles. The van der Waals surface area contributed by atoms with E-state index in [1.165, 1.54) is 0 Å². The monoisotopic (exact) mass is 268 g/mol. The summed E-state index contributed by atoms with van der Waals surface area (Å²) in [5.41, 5.74) is 0.618. The van der Waals surface area contributed by atoms with Gasteiger partial charge in [0.25, 0.3) is 5.91 Å². The molecule has 0 aromatic carbocycles. The highest BCUT2D eigenvalue weighted by Gasteiger charge is 2.07. The minimum absolute atomic E-state index is 0.112. The number of aliphatic hydroxyl groups excluding tert-OH is 1. The van der Waals surface area contributed by atoms with Crippen LogP contribution >= 0.6 is 11.8 Å². The van der Waals surface area contributed by atoms with Crippen molar-refractivity contribution in [2.45, 2.75) is 37.8 Å². The standard InChI is InChI=1S/C13H20N2O2S/c1-3-11(16)6-8-15-13(17)10-5-7-14-12(9-10)18-4-2/h5,7,9,11,16H,3-4,6,8H2,1-2H3,(H,15,17). The van der Waals surface area contributed by atoms with Gasteiger partial charge < -0.3 is 10.4 Å². The lowest BCUT2D eigenvalue weighted by atomic mass is 10.2.